The van der Waals surface area contributed by atoms with Crippen LogP contribution in [0.15, 0.2) is 24.3 Å². The first kappa shape index (κ1) is 53.0. The number of hydrogen-bond donors (Lipinski definition) is 2. The Kier molecular flexibility index (Phi) is 36.8. The molecule has 0 aliphatic rings. The van der Waals surface area contributed by atoms with Crippen LogP contribution in [-0.4, -0.2) is 68.5 Å². The Hall–Kier alpha value is -1.02. The summed E-state index contributed by atoms with van der Waals surface area (Å²) < 4.78 is 23.2. The predicted octanol–water partition coefficient (Wildman–Crippen LogP) is 11.9. The quantitative estimate of drug-likeness (QED) is 0.0277. The molecule has 9 heteroatoms. The summed E-state index contributed by atoms with van der Waals surface area (Å²) in [5, 5.41) is 13.8. The molecule has 0 fully saturated rings. The van der Waals surface area contributed by atoms with Gasteiger partial charge in [-0.05, 0) is 32.1 Å². The molecule has 1 amide bonds. The number of unbranched alkanes of at least 4 members (excludes halogenated alkanes) is 26. The summed E-state index contributed by atoms with van der Waals surface area (Å²) in [6.45, 7) is 4.63. The van der Waals surface area contributed by atoms with Crippen LogP contribution in [0.2, 0.25) is 0 Å². The lowest BCUT2D eigenvalue weighted by molar-refractivity contribution is -0.870. The standard InChI is InChI=1S/C45H89N2O6P/c1-6-8-10-12-14-16-18-20-22-23-25-27-29-31-33-35-37-39-45(49)46-43(42-53-54(50,51)52-41-40-47(3,4)5)44(48)38-36-34-32-30-28-26-24-21-19-17-15-13-11-9-7-2/h28,30,36,38,43-44,48H,6-27,29,31-35,37,39-42H2,1-5H3,(H-,46,49,50,51)/b30-28+,38-36+/t43-,44+/m0/s1. The van der Waals surface area contributed by atoms with Crippen molar-refractivity contribution in [2.24, 2.45) is 0 Å². The number of aliphatic hydroxyl groups is 1. The van der Waals surface area contributed by atoms with Crippen LogP contribution in [0.4, 0.5) is 0 Å². The molecule has 0 aliphatic heterocycles. The van der Waals surface area contributed by atoms with E-state index in [9.17, 15) is 19.4 Å². The average Bonchev–Trinajstić information content (AvgIpc) is 3.12. The summed E-state index contributed by atoms with van der Waals surface area (Å²) in [5.74, 6) is -0.205. The lowest BCUT2D eigenvalue weighted by Crippen LogP contribution is -2.45. The smallest absolute Gasteiger partial charge is 0.268 e. The van der Waals surface area contributed by atoms with Gasteiger partial charge in [-0.25, -0.2) is 0 Å². The Morgan fingerprint density at radius 3 is 1.50 bits per heavy atom. The molecule has 0 aromatic heterocycles. The molecule has 320 valence electrons. The van der Waals surface area contributed by atoms with Gasteiger partial charge in [-0.15, -0.1) is 0 Å². The molecule has 54 heavy (non-hydrogen) atoms. The molecule has 1 unspecified atom stereocenters. The third-order valence-corrected chi connectivity index (χ3v) is 11.1. The average molecular weight is 785 g/mol. The van der Waals surface area contributed by atoms with Crippen LogP contribution in [0.5, 0.6) is 0 Å². The van der Waals surface area contributed by atoms with E-state index in [1.54, 1.807) is 6.08 Å². The SMILES string of the molecule is CCCCCCCCCCC/C=C/CC/C=C/[C@@H](O)[C@H](COP(=O)([O-])OCC[N+](C)(C)C)NC(=O)CCCCCCCCCCCCCCCCCCC. The first-order valence-corrected chi connectivity index (χ1v) is 24.2. The zero-order valence-corrected chi connectivity index (χ0v) is 37.1. The van der Waals surface area contributed by atoms with Crippen LogP contribution in [0.1, 0.15) is 206 Å². The third-order valence-electron chi connectivity index (χ3n) is 10.2. The molecule has 0 saturated heterocycles. The maximum absolute atomic E-state index is 12.8. The van der Waals surface area contributed by atoms with Gasteiger partial charge >= 0.3 is 0 Å². The van der Waals surface area contributed by atoms with Gasteiger partial charge in [0.1, 0.15) is 13.2 Å². The van der Waals surface area contributed by atoms with Gasteiger partial charge < -0.3 is 28.8 Å². The van der Waals surface area contributed by atoms with Crippen LogP contribution in [-0.2, 0) is 18.4 Å². The second kappa shape index (κ2) is 37.6. The molecule has 3 atom stereocenters. The van der Waals surface area contributed by atoms with Crippen LogP contribution in [0.25, 0.3) is 0 Å². The van der Waals surface area contributed by atoms with E-state index in [4.69, 9.17) is 9.05 Å². The Balaban J connectivity index is 4.43. The van der Waals surface area contributed by atoms with E-state index in [1.807, 2.05) is 27.2 Å². The zero-order valence-electron chi connectivity index (χ0n) is 36.2. The van der Waals surface area contributed by atoms with Crippen molar-refractivity contribution in [2.45, 2.75) is 219 Å². The van der Waals surface area contributed by atoms with Gasteiger partial charge in [0.2, 0.25) is 5.91 Å². The summed E-state index contributed by atoms with van der Waals surface area (Å²) in [5.41, 5.74) is 0. The highest BCUT2D eigenvalue weighted by molar-refractivity contribution is 7.45. The predicted molar refractivity (Wildman–Crippen MR) is 228 cm³/mol. The number of carbonyl (C=O) groups excluding carboxylic acids is 1. The summed E-state index contributed by atoms with van der Waals surface area (Å²) >= 11 is 0. The second-order valence-corrected chi connectivity index (χ2v) is 18.2. The van der Waals surface area contributed by atoms with Crippen molar-refractivity contribution in [3.63, 3.8) is 0 Å². The summed E-state index contributed by atoms with van der Waals surface area (Å²) in [7, 11) is 1.25. The van der Waals surface area contributed by atoms with Crippen molar-refractivity contribution in [3.05, 3.63) is 24.3 Å². The summed E-state index contributed by atoms with van der Waals surface area (Å²) in [6.07, 6.45) is 43.6. The van der Waals surface area contributed by atoms with Gasteiger partial charge in [0, 0.05) is 6.42 Å². The molecule has 0 bridgehead atoms. The van der Waals surface area contributed by atoms with Crippen molar-refractivity contribution >= 4 is 13.7 Å². The highest BCUT2D eigenvalue weighted by Gasteiger charge is 2.23. The number of hydrogen-bond acceptors (Lipinski definition) is 6. The summed E-state index contributed by atoms with van der Waals surface area (Å²) in [6, 6.07) is -0.897. The van der Waals surface area contributed by atoms with Crippen molar-refractivity contribution in [1.82, 2.24) is 5.32 Å². The number of quaternary nitrogens is 1. The van der Waals surface area contributed by atoms with Crippen molar-refractivity contribution in [3.8, 4) is 0 Å². The highest BCUT2D eigenvalue weighted by atomic mass is 31.2. The van der Waals surface area contributed by atoms with Crippen molar-refractivity contribution in [2.75, 3.05) is 40.9 Å². The molecule has 0 heterocycles. The fourth-order valence-electron chi connectivity index (χ4n) is 6.52. The van der Waals surface area contributed by atoms with Gasteiger partial charge in [0.25, 0.3) is 7.82 Å². The molecule has 0 rings (SSSR count). The first-order chi connectivity index (χ1) is 26.0. The number of aliphatic hydroxyl groups excluding tert-OH is 1. The van der Waals surface area contributed by atoms with Gasteiger partial charge in [-0.3, -0.25) is 9.36 Å². The number of rotatable bonds is 41. The molecule has 0 saturated carbocycles. The van der Waals surface area contributed by atoms with Crippen molar-refractivity contribution in [1.29, 1.82) is 0 Å². The van der Waals surface area contributed by atoms with Crippen LogP contribution < -0.4 is 10.2 Å². The van der Waals surface area contributed by atoms with E-state index >= 15 is 0 Å². The second-order valence-electron chi connectivity index (χ2n) is 16.8. The fourth-order valence-corrected chi connectivity index (χ4v) is 7.24. The molecular formula is C45H89N2O6P. The largest absolute Gasteiger partial charge is 0.756 e. The molecule has 0 spiro atoms. The third kappa shape index (κ3) is 39.2. The molecule has 2 N–H and O–H groups in total. The van der Waals surface area contributed by atoms with Crippen LogP contribution >= 0.6 is 7.82 Å². The molecule has 0 aliphatic carbocycles. The topological polar surface area (TPSA) is 108 Å². The van der Waals surface area contributed by atoms with Gasteiger partial charge in [-0.2, -0.15) is 0 Å². The molecule has 0 aromatic carbocycles. The number of amides is 1. The number of phosphoric ester groups is 1. The van der Waals surface area contributed by atoms with E-state index in [-0.39, 0.29) is 19.1 Å². The summed E-state index contributed by atoms with van der Waals surface area (Å²) in [4.78, 5) is 25.3. The monoisotopic (exact) mass is 785 g/mol. The Morgan fingerprint density at radius 2 is 1.04 bits per heavy atom. The van der Waals surface area contributed by atoms with E-state index in [0.717, 1.165) is 38.5 Å². The van der Waals surface area contributed by atoms with E-state index in [1.165, 1.54) is 148 Å². The van der Waals surface area contributed by atoms with Gasteiger partial charge in [-0.1, -0.05) is 192 Å². The van der Waals surface area contributed by atoms with E-state index in [2.05, 4.69) is 31.3 Å². The highest BCUT2D eigenvalue weighted by Crippen LogP contribution is 2.38. The molecular weight excluding hydrogens is 695 g/mol. The number of phosphoric acid groups is 1. The maximum Gasteiger partial charge on any atom is 0.268 e. The van der Waals surface area contributed by atoms with Crippen molar-refractivity contribution < 1.29 is 32.9 Å². The van der Waals surface area contributed by atoms with Crippen LogP contribution in [0, 0.1) is 0 Å². The number of allylic oxidation sites excluding steroid dienone is 3. The molecule has 8 nitrogen and oxygen atoms in total. The van der Waals surface area contributed by atoms with Gasteiger partial charge in [0.05, 0.1) is 39.9 Å². The fraction of sp³-hybridized carbons (Fsp3) is 0.889. The minimum absolute atomic E-state index is 0.00425. The molecule has 0 radical (unpaired) electrons. The Bertz CT molecular complexity index is 938. The minimum Gasteiger partial charge on any atom is -0.756 e. The number of likely N-dealkylation sites (N-methyl/N-ethyl adjacent to an activating group) is 1. The lowest BCUT2D eigenvalue weighted by Gasteiger charge is -2.29. The van der Waals surface area contributed by atoms with Crippen LogP contribution in [0.3, 0.4) is 0 Å². The number of carbonyl (C=O) groups is 1. The Labute approximate surface area is 334 Å². The zero-order chi connectivity index (χ0) is 40.0. The van der Waals surface area contributed by atoms with E-state index in [0.29, 0.717) is 17.4 Å². The Morgan fingerprint density at radius 1 is 0.630 bits per heavy atom. The lowest BCUT2D eigenvalue weighted by atomic mass is 10.0. The molecule has 0 aromatic rings. The normalized spacial score (nSPS) is 14.6. The van der Waals surface area contributed by atoms with E-state index < -0.39 is 20.0 Å². The minimum atomic E-state index is -4.59. The maximum atomic E-state index is 12.8. The number of nitrogens with one attached hydrogen (secondary N) is 1. The number of nitrogens with zero attached hydrogens (tertiary/aromatic N) is 1. The van der Waals surface area contributed by atoms with Gasteiger partial charge in [0.15, 0.2) is 0 Å². The first-order valence-electron chi connectivity index (χ1n) is 22.7.